The summed E-state index contributed by atoms with van der Waals surface area (Å²) in [4.78, 5) is 0. The zero-order chi connectivity index (χ0) is 10.4. The molecule has 0 aliphatic rings. The third kappa shape index (κ3) is 4.34. The van der Waals surface area contributed by atoms with Gasteiger partial charge < -0.3 is 5.32 Å². The Labute approximate surface area is 93.2 Å². The van der Waals surface area contributed by atoms with Crippen LogP contribution in [0.1, 0.15) is 19.4 Å². The second-order valence-corrected chi connectivity index (χ2v) is 4.24. The molecule has 14 heavy (non-hydrogen) atoms. The first kappa shape index (κ1) is 11.1. The Bertz CT molecular complexity index is 304. The molecule has 0 saturated heterocycles. The topological polar surface area (TPSA) is 36.4 Å². The van der Waals surface area contributed by atoms with Crippen LogP contribution >= 0.6 is 23.6 Å². The Kier molecular flexibility index (Phi) is 4.55. The highest BCUT2D eigenvalue weighted by molar-refractivity contribution is 7.80. The van der Waals surface area contributed by atoms with Crippen LogP contribution in [0.3, 0.4) is 0 Å². The van der Waals surface area contributed by atoms with Gasteiger partial charge in [0, 0.05) is 11.6 Å². The van der Waals surface area contributed by atoms with Crippen molar-refractivity contribution >= 4 is 34.9 Å². The van der Waals surface area contributed by atoms with Crippen molar-refractivity contribution in [1.82, 2.24) is 10.7 Å². The van der Waals surface area contributed by atoms with Crippen LogP contribution in [0.2, 0.25) is 0 Å². The number of rotatable bonds is 3. The van der Waals surface area contributed by atoms with E-state index in [9.17, 15) is 0 Å². The van der Waals surface area contributed by atoms with E-state index in [1.165, 1.54) is 0 Å². The molecule has 1 heterocycles. The molecular weight excluding hydrogens is 214 g/mol. The van der Waals surface area contributed by atoms with E-state index in [2.05, 4.69) is 15.8 Å². The van der Waals surface area contributed by atoms with Gasteiger partial charge in [-0.1, -0.05) is 0 Å². The molecule has 5 heteroatoms. The Morgan fingerprint density at radius 3 is 3.00 bits per heavy atom. The number of hydrogen-bond donors (Lipinski definition) is 2. The molecule has 1 aromatic rings. The number of thiocarbonyl (C=S) groups is 1. The molecule has 0 aromatic carbocycles. The van der Waals surface area contributed by atoms with Gasteiger partial charge in [0.1, 0.15) is 0 Å². The Morgan fingerprint density at radius 1 is 1.64 bits per heavy atom. The largest absolute Gasteiger partial charge is 0.359 e. The minimum atomic E-state index is 0.325. The van der Waals surface area contributed by atoms with Crippen LogP contribution in [0.4, 0.5) is 0 Å². The van der Waals surface area contributed by atoms with Gasteiger partial charge in [-0.05, 0) is 42.9 Å². The minimum absolute atomic E-state index is 0.325. The van der Waals surface area contributed by atoms with E-state index in [0.29, 0.717) is 11.2 Å². The van der Waals surface area contributed by atoms with Crippen LogP contribution < -0.4 is 10.7 Å². The molecule has 3 nitrogen and oxygen atoms in total. The van der Waals surface area contributed by atoms with Crippen molar-refractivity contribution in [2.24, 2.45) is 5.10 Å². The van der Waals surface area contributed by atoms with Gasteiger partial charge >= 0.3 is 0 Å². The van der Waals surface area contributed by atoms with Gasteiger partial charge in [-0.3, -0.25) is 5.43 Å². The summed E-state index contributed by atoms with van der Waals surface area (Å²) < 4.78 is 0. The van der Waals surface area contributed by atoms with Crippen molar-refractivity contribution in [3.63, 3.8) is 0 Å². The third-order valence-electron chi connectivity index (χ3n) is 1.34. The highest BCUT2D eigenvalue weighted by Gasteiger charge is 1.94. The van der Waals surface area contributed by atoms with Crippen LogP contribution in [-0.4, -0.2) is 17.4 Å². The maximum Gasteiger partial charge on any atom is 0.187 e. The van der Waals surface area contributed by atoms with Crippen molar-refractivity contribution in [2.45, 2.75) is 19.9 Å². The second-order valence-electron chi connectivity index (χ2n) is 3.05. The summed E-state index contributed by atoms with van der Waals surface area (Å²) in [5.74, 6) is 0. The summed E-state index contributed by atoms with van der Waals surface area (Å²) in [5.41, 5.74) is 3.83. The molecule has 1 rings (SSSR count). The van der Waals surface area contributed by atoms with E-state index in [-0.39, 0.29) is 0 Å². The molecule has 76 valence electrons. The summed E-state index contributed by atoms with van der Waals surface area (Å²) in [7, 11) is 0. The van der Waals surface area contributed by atoms with Crippen molar-refractivity contribution in [3.8, 4) is 0 Å². The Hall–Kier alpha value is -0.940. The molecule has 0 aliphatic carbocycles. The average molecular weight is 227 g/mol. The van der Waals surface area contributed by atoms with Crippen LogP contribution in [0.5, 0.6) is 0 Å². The van der Waals surface area contributed by atoms with Crippen molar-refractivity contribution < 1.29 is 0 Å². The van der Waals surface area contributed by atoms with Crippen molar-refractivity contribution in [1.29, 1.82) is 0 Å². The molecule has 0 amide bonds. The first-order valence-corrected chi connectivity index (χ1v) is 5.65. The fraction of sp³-hybridized carbons (Fsp3) is 0.333. The van der Waals surface area contributed by atoms with Gasteiger partial charge in [0.05, 0.1) is 6.21 Å². The van der Waals surface area contributed by atoms with Gasteiger partial charge in [-0.15, -0.1) is 0 Å². The van der Waals surface area contributed by atoms with Gasteiger partial charge in [0.2, 0.25) is 0 Å². The normalized spacial score (nSPS) is 10.8. The smallest absolute Gasteiger partial charge is 0.187 e. The molecule has 2 N–H and O–H groups in total. The van der Waals surface area contributed by atoms with Gasteiger partial charge in [-0.2, -0.15) is 16.4 Å². The molecule has 0 radical (unpaired) electrons. The number of nitrogens with zero attached hydrogens (tertiary/aromatic N) is 1. The standard InChI is InChI=1S/C9H13N3S2/c1-7(2)11-9(13)12-10-5-8-3-4-14-6-8/h3-7H,1-2H3,(H2,11,12,13)/b10-5+. The number of thiophene rings is 1. The monoisotopic (exact) mass is 227 g/mol. The second kappa shape index (κ2) is 5.72. The quantitative estimate of drug-likeness (QED) is 0.471. The predicted molar refractivity (Wildman–Crippen MR) is 65.9 cm³/mol. The van der Waals surface area contributed by atoms with Crippen LogP contribution in [-0.2, 0) is 0 Å². The minimum Gasteiger partial charge on any atom is -0.359 e. The molecule has 0 fully saturated rings. The SMILES string of the molecule is CC(C)NC(=S)N/N=C/c1ccsc1. The zero-order valence-corrected chi connectivity index (χ0v) is 9.78. The van der Waals surface area contributed by atoms with Gasteiger partial charge in [-0.25, -0.2) is 0 Å². The average Bonchev–Trinajstić information content (AvgIpc) is 2.55. The molecular formula is C9H13N3S2. The van der Waals surface area contributed by atoms with E-state index >= 15 is 0 Å². The third-order valence-corrected chi connectivity index (χ3v) is 2.25. The maximum absolute atomic E-state index is 4.99. The lowest BCUT2D eigenvalue weighted by atomic mass is 10.4. The van der Waals surface area contributed by atoms with E-state index in [0.717, 1.165) is 5.56 Å². The van der Waals surface area contributed by atoms with E-state index in [1.807, 2.05) is 30.7 Å². The van der Waals surface area contributed by atoms with E-state index in [4.69, 9.17) is 12.2 Å². The van der Waals surface area contributed by atoms with Crippen molar-refractivity contribution in [3.05, 3.63) is 22.4 Å². The summed E-state index contributed by atoms with van der Waals surface area (Å²) in [6.45, 7) is 4.05. The van der Waals surface area contributed by atoms with E-state index in [1.54, 1.807) is 17.6 Å². The predicted octanol–water partition coefficient (Wildman–Crippen LogP) is 1.95. The molecule has 0 aliphatic heterocycles. The molecule has 0 unspecified atom stereocenters. The summed E-state index contributed by atoms with van der Waals surface area (Å²) in [6, 6.07) is 2.32. The highest BCUT2D eigenvalue weighted by atomic mass is 32.1. The van der Waals surface area contributed by atoms with Gasteiger partial charge in [0.25, 0.3) is 0 Å². The van der Waals surface area contributed by atoms with E-state index < -0.39 is 0 Å². The lowest BCUT2D eigenvalue weighted by Gasteiger charge is -2.09. The van der Waals surface area contributed by atoms with Gasteiger partial charge in [0.15, 0.2) is 5.11 Å². The fourth-order valence-corrected chi connectivity index (χ4v) is 1.71. The molecule has 0 spiro atoms. The van der Waals surface area contributed by atoms with Crippen LogP contribution in [0.15, 0.2) is 21.9 Å². The fourth-order valence-electron chi connectivity index (χ4n) is 0.808. The summed E-state index contributed by atoms with van der Waals surface area (Å²) >= 11 is 6.63. The first-order chi connectivity index (χ1) is 6.68. The highest BCUT2D eigenvalue weighted by Crippen LogP contribution is 2.01. The van der Waals surface area contributed by atoms with Crippen molar-refractivity contribution in [2.75, 3.05) is 0 Å². The maximum atomic E-state index is 4.99. The number of nitrogens with one attached hydrogen (secondary N) is 2. The molecule has 1 aromatic heterocycles. The van der Waals surface area contributed by atoms with Crippen LogP contribution in [0.25, 0.3) is 0 Å². The zero-order valence-electron chi connectivity index (χ0n) is 8.15. The summed E-state index contributed by atoms with van der Waals surface area (Å²) in [6.07, 6.45) is 1.74. The number of hydrazone groups is 1. The summed E-state index contributed by atoms with van der Waals surface area (Å²) in [5, 5.41) is 11.6. The lowest BCUT2D eigenvalue weighted by molar-refractivity contribution is 0.720. The Morgan fingerprint density at radius 2 is 2.43 bits per heavy atom. The Balaban J connectivity index is 2.30. The number of hydrogen-bond acceptors (Lipinski definition) is 3. The molecule has 0 bridgehead atoms. The molecule has 0 atom stereocenters. The lowest BCUT2D eigenvalue weighted by Crippen LogP contribution is -2.36. The first-order valence-electron chi connectivity index (χ1n) is 4.30. The van der Waals surface area contributed by atoms with Crippen LogP contribution in [0, 0.1) is 0 Å². The molecule has 0 saturated carbocycles.